The minimum Gasteiger partial charge on any atom is -0.356 e. The molecule has 1 unspecified atom stereocenters. The molecule has 0 aromatic heterocycles. The van der Waals surface area contributed by atoms with Gasteiger partial charge in [0, 0.05) is 25.5 Å². The molecule has 0 aromatic carbocycles. The third-order valence-corrected chi connectivity index (χ3v) is 11.6. The molecule has 2 nitrogen and oxygen atoms in total. The van der Waals surface area contributed by atoms with E-state index in [2.05, 4.69) is 43.0 Å². The molecule has 49 heavy (non-hydrogen) atoms. The molecule has 1 heterocycles. The van der Waals surface area contributed by atoms with Crippen LogP contribution >= 0.6 is 0 Å². The summed E-state index contributed by atoms with van der Waals surface area (Å²) in [5.74, 6) is 0. The number of unbranched alkanes of at least 4 members (excludes halogenated alkanes) is 35. The fraction of sp³-hybridized carbons (Fsp3) is 0.957. The van der Waals surface area contributed by atoms with E-state index in [1.807, 2.05) is 0 Å². The molecule has 0 bridgehead atoms. The first-order chi connectivity index (χ1) is 24.3. The maximum absolute atomic E-state index is 2.73. The lowest BCUT2D eigenvalue weighted by atomic mass is 10.0. The van der Waals surface area contributed by atoms with Gasteiger partial charge in [-0.05, 0) is 25.7 Å². The summed E-state index contributed by atoms with van der Waals surface area (Å²) in [6.45, 7) is 9.49. The summed E-state index contributed by atoms with van der Waals surface area (Å²) < 4.78 is 0. The molecule has 1 atom stereocenters. The van der Waals surface area contributed by atoms with E-state index in [1.54, 1.807) is 0 Å². The van der Waals surface area contributed by atoms with Crippen molar-refractivity contribution in [3.05, 3.63) is 12.4 Å². The lowest BCUT2D eigenvalue weighted by Gasteiger charge is -2.33. The van der Waals surface area contributed by atoms with Crippen molar-refractivity contribution in [3.8, 4) is 0 Å². The van der Waals surface area contributed by atoms with Crippen molar-refractivity contribution in [2.75, 3.05) is 13.1 Å². The van der Waals surface area contributed by atoms with Crippen LogP contribution in [0.15, 0.2) is 12.4 Å². The van der Waals surface area contributed by atoms with E-state index >= 15 is 0 Å². The Morgan fingerprint density at radius 2 is 0.469 bits per heavy atom. The van der Waals surface area contributed by atoms with Crippen molar-refractivity contribution < 1.29 is 0 Å². The number of hydrogen-bond acceptors (Lipinski definition) is 2. The molecule has 2 heteroatoms. The molecule has 292 valence electrons. The first kappa shape index (κ1) is 46.4. The highest BCUT2D eigenvalue weighted by molar-refractivity contribution is 4.97. The van der Waals surface area contributed by atoms with Crippen molar-refractivity contribution >= 4 is 0 Å². The van der Waals surface area contributed by atoms with Crippen LogP contribution in [0.3, 0.4) is 0 Å². The van der Waals surface area contributed by atoms with Gasteiger partial charge in [0.25, 0.3) is 0 Å². The normalized spacial score (nSPS) is 14.6. The first-order valence-electron chi connectivity index (χ1n) is 23.5. The summed E-state index contributed by atoms with van der Waals surface area (Å²) in [5, 5.41) is 0. The Labute approximate surface area is 311 Å². The minimum atomic E-state index is 0.638. The lowest BCUT2D eigenvalue weighted by Crippen LogP contribution is -2.39. The maximum atomic E-state index is 2.73. The van der Waals surface area contributed by atoms with Crippen LogP contribution in [0.4, 0.5) is 0 Å². The zero-order valence-corrected chi connectivity index (χ0v) is 34.6. The molecule has 1 aliphatic rings. The molecule has 1 rings (SSSR count). The van der Waals surface area contributed by atoms with Gasteiger partial charge in [0.15, 0.2) is 0 Å². The second kappa shape index (κ2) is 38.6. The highest BCUT2D eigenvalue weighted by atomic mass is 15.4. The van der Waals surface area contributed by atoms with E-state index in [0.717, 1.165) is 0 Å². The van der Waals surface area contributed by atoms with Gasteiger partial charge >= 0.3 is 0 Å². The molecule has 0 fully saturated rings. The van der Waals surface area contributed by atoms with Crippen molar-refractivity contribution in [1.29, 1.82) is 0 Å². The molecule has 0 N–H and O–H groups in total. The predicted octanol–water partition coefficient (Wildman–Crippen LogP) is 16.7. The van der Waals surface area contributed by atoms with E-state index in [4.69, 9.17) is 0 Å². The Bertz CT molecular complexity index is 644. The quantitative estimate of drug-likeness (QED) is 0.0591. The molecule has 0 radical (unpaired) electrons. The Kier molecular flexibility index (Phi) is 36.5. The van der Waals surface area contributed by atoms with E-state index in [1.165, 1.54) is 264 Å². The van der Waals surface area contributed by atoms with Crippen molar-refractivity contribution in [1.82, 2.24) is 9.80 Å². The molecule has 0 saturated carbocycles. The van der Waals surface area contributed by atoms with E-state index in [-0.39, 0.29) is 0 Å². The van der Waals surface area contributed by atoms with Gasteiger partial charge in [-0.15, -0.1) is 0 Å². The molecule has 0 saturated heterocycles. The molecular formula is C47H94N2. The van der Waals surface area contributed by atoms with Crippen LogP contribution in [-0.2, 0) is 0 Å². The van der Waals surface area contributed by atoms with Gasteiger partial charge < -0.3 is 9.80 Å². The fourth-order valence-electron chi connectivity index (χ4n) is 8.13. The van der Waals surface area contributed by atoms with Crippen LogP contribution in [0.5, 0.6) is 0 Å². The standard InChI is InChI=1S/C47H94N2/c1-4-7-10-13-16-18-20-22-24-26-28-30-32-35-38-41-44-49-46-45-48(47(49)42-39-36-33-15-12-9-6-3)43-40-37-34-31-29-27-25-23-21-19-17-14-11-8-5-2/h45-47H,4-44H2,1-3H3. The first-order valence-corrected chi connectivity index (χ1v) is 23.5. The second-order valence-electron chi connectivity index (χ2n) is 16.4. The predicted molar refractivity (Wildman–Crippen MR) is 223 cm³/mol. The molecule has 1 aliphatic heterocycles. The van der Waals surface area contributed by atoms with E-state index < -0.39 is 0 Å². The number of nitrogens with zero attached hydrogens (tertiary/aromatic N) is 2. The smallest absolute Gasteiger partial charge is 0.101 e. The summed E-state index contributed by atoms with van der Waals surface area (Å²) in [6, 6.07) is 0. The minimum absolute atomic E-state index is 0.638. The monoisotopic (exact) mass is 687 g/mol. The van der Waals surface area contributed by atoms with Crippen molar-refractivity contribution in [3.63, 3.8) is 0 Å². The van der Waals surface area contributed by atoms with Crippen LogP contribution in [0.25, 0.3) is 0 Å². The topological polar surface area (TPSA) is 6.48 Å². The van der Waals surface area contributed by atoms with Gasteiger partial charge in [0.05, 0.1) is 0 Å². The lowest BCUT2D eigenvalue weighted by molar-refractivity contribution is 0.135. The summed E-state index contributed by atoms with van der Waals surface area (Å²) in [4.78, 5) is 5.46. The van der Waals surface area contributed by atoms with Crippen LogP contribution in [-0.4, -0.2) is 29.1 Å². The van der Waals surface area contributed by atoms with Crippen LogP contribution in [0, 0.1) is 0 Å². The van der Waals surface area contributed by atoms with Gasteiger partial charge in [0.1, 0.15) is 6.17 Å². The number of hydrogen-bond donors (Lipinski definition) is 0. The zero-order valence-electron chi connectivity index (χ0n) is 34.6. The fourth-order valence-corrected chi connectivity index (χ4v) is 8.13. The Balaban J connectivity index is 2.12. The summed E-state index contributed by atoms with van der Waals surface area (Å²) in [7, 11) is 0. The molecule has 0 spiro atoms. The van der Waals surface area contributed by atoms with Gasteiger partial charge in [-0.3, -0.25) is 0 Å². The third kappa shape index (κ3) is 30.7. The second-order valence-corrected chi connectivity index (χ2v) is 16.4. The number of rotatable bonds is 41. The average molecular weight is 687 g/mol. The molecular weight excluding hydrogens is 593 g/mol. The highest BCUT2D eigenvalue weighted by Gasteiger charge is 2.24. The third-order valence-electron chi connectivity index (χ3n) is 11.6. The molecule has 0 aromatic rings. The Hall–Kier alpha value is -0.660. The van der Waals surface area contributed by atoms with E-state index in [0.29, 0.717) is 6.17 Å². The van der Waals surface area contributed by atoms with Gasteiger partial charge in [0.2, 0.25) is 0 Å². The summed E-state index contributed by atoms with van der Waals surface area (Å²) in [5.41, 5.74) is 0. The summed E-state index contributed by atoms with van der Waals surface area (Å²) >= 11 is 0. The van der Waals surface area contributed by atoms with Crippen LogP contribution in [0.2, 0.25) is 0 Å². The SMILES string of the molecule is CCCCCCCCCCCCCCCCCCN1C=CN(CCCCCCCCCCCCCCCCC)C1CCCCCCCCC. The van der Waals surface area contributed by atoms with Gasteiger partial charge in [-0.1, -0.05) is 245 Å². The largest absolute Gasteiger partial charge is 0.356 e. The van der Waals surface area contributed by atoms with Gasteiger partial charge in [-0.25, -0.2) is 0 Å². The molecule has 0 amide bonds. The van der Waals surface area contributed by atoms with E-state index in [9.17, 15) is 0 Å². The average Bonchev–Trinajstić information content (AvgIpc) is 3.50. The Morgan fingerprint density at radius 1 is 0.265 bits per heavy atom. The van der Waals surface area contributed by atoms with Crippen LogP contribution in [0.1, 0.15) is 271 Å². The molecule has 0 aliphatic carbocycles. The maximum Gasteiger partial charge on any atom is 0.101 e. The highest BCUT2D eigenvalue weighted by Crippen LogP contribution is 2.24. The zero-order chi connectivity index (χ0) is 35.1. The van der Waals surface area contributed by atoms with Crippen molar-refractivity contribution in [2.45, 2.75) is 277 Å². The summed E-state index contributed by atoms with van der Waals surface area (Å²) in [6.07, 6.45) is 61.9. The van der Waals surface area contributed by atoms with Gasteiger partial charge in [-0.2, -0.15) is 0 Å². The van der Waals surface area contributed by atoms with Crippen molar-refractivity contribution in [2.24, 2.45) is 0 Å². The Morgan fingerprint density at radius 3 is 0.714 bits per heavy atom. The van der Waals surface area contributed by atoms with Crippen LogP contribution < -0.4 is 0 Å².